The normalized spacial score (nSPS) is 13.3. The summed E-state index contributed by atoms with van der Waals surface area (Å²) in [6.45, 7) is 0. The SMILES string of the molecule is COC(=O)[C@H](Cc1cnc[nH]1)NC(=O)[C@@H](N)Cc1c[nH]c2ccccc12. The van der Waals surface area contributed by atoms with E-state index in [1.165, 1.54) is 13.4 Å². The van der Waals surface area contributed by atoms with Gasteiger partial charge in [-0.15, -0.1) is 0 Å². The Bertz CT molecular complexity index is 887. The number of nitrogens with zero attached hydrogens (tertiary/aromatic N) is 1. The summed E-state index contributed by atoms with van der Waals surface area (Å²) in [7, 11) is 1.28. The predicted molar refractivity (Wildman–Crippen MR) is 96.2 cm³/mol. The van der Waals surface area contributed by atoms with E-state index in [-0.39, 0.29) is 6.42 Å². The van der Waals surface area contributed by atoms with Crippen molar-refractivity contribution in [2.24, 2.45) is 5.73 Å². The first-order valence-electron chi connectivity index (χ1n) is 8.24. The summed E-state index contributed by atoms with van der Waals surface area (Å²) < 4.78 is 4.77. The highest BCUT2D eigenvalue weighted by atomic mass is 16.5. The maximum atomic E-state index is 12.5. The van der Waals surface area contributed by atoms with E-state index in [2.05, 4.69) is 20.3 Å². The molecule has 1 amide bonds. The first kappa shape index (κ1) is 17.7. The van der Waals surface area contributed by atoms with Crippen LogP contribution in [0.5, 0.6) is 0 Å². The molecule has 0 spiro atoms. The number of nitrogens with one attached hydrogen (secondary N) is 3. The predicted octanol–water partition coefficient (Wildman–Crippen LogP) is 0.661. The number of para-hydroxylation sites is 1. The molecule has 0 aliphatic carbocycles. The van der Waals surface area contributed by atoms with Crippen LogP contribution in [0.1, 0.15) is 11.3 Å². The second kappa shape index (κ2) is 7.83. The number of carbonyl (C=O) groups excluding carboxylic acids is 2. The van der Waals surface area contributed by atoms with Crippen molar-refractivity contribution in [1.82, 2.24) is 20.3 Å². The van der Waals surface area contributed by atoms with Crippen LogP contribution in [0.3, 0.4) is 0 Å². The smallest absolute Gasteiger partial charge is 0.328 e. The Kier molecular flexibility index (Phi) is 5.33. The van der Waals surface area contributed by atoms with Crippen LogP contribution < -0.4 is 11.1 Å². The van der Waals surface area contributed by atoms with Gasteiger partial charge in [0.1, 0.15) is 6.04 Å². The van der Waals surface area contributed by atoms with Crippen molar-refractivity contribution >= 4 is 22.8 Å². The van der Waals surface area contributed by atoms with Gasteiger partial charge < -0.3 is 25.8 Å². The van der Waals surface area contributed by atoms with Crippen molar-refractivity contribution in [1.29, 1.82) is 0 Å². The second-order valence-electron chi connectivity index (χ2n) is 6.04. The zero-order chi connectivity index (χ0) is 18.5. The fraction of sp³-hybridized carbons (Fsp3) is 0.278. The highest BCUT2D eigenvalue weighted by Gasteiger charge is 2.25. The molecule has 0 aliphatic heterocycles. The molecular weight excluding hydrogens is 334 g/mol. The van der Waals surface area contributed by atoms with Crippen molar-refractivity contribution in [3.8, 4) is 0 Å². The Labute approximate surface area is 150 Å². The van der Waals surface area contributed by atoms with E-state index < -0.39 is 24.0 Å². The molecule has 8 heteroatoms. The van der Waals surface area contributed by atoms with Crippen LogP contribution in [0.25, 0.3) is 10.9 Å². The minimum absolute atomic E-state index is 0.248. The van der Waals surface area contributed by atoms with Gasteiger partial charge in [-0.05, 0) is 18.1 Å². The molecule has 136 valence electrons. The van der Waals surface area contributed by atoms with Gasteiger partial charge in [0.05, 0.1) is 19.5 Å². The Hall–Kier alpha value is -3.13. The highest BCUT2D eigenvalue weighted by molar-refractivity contribution is 5.89. The summed E-state index contributed by atoms with van der Waals surface area (Å²) in [5.74, 6) is -0.947. The van der Waals surface area contributed by atoms with E-state index in [1.54, 1.807) is 6.20 Å². The molecule has 1 aromatic carbocycles. The number of carbonyl (C=O) groups is 2. The van der Waals surface area contributed by atoms with E-state index in [4.69, 9.17) is 10.5 Å². The molecular formula is C18H21N5O3. The number of H-pyrrole nitrogens is 2. The van der Waals surface area contributed by atoms with Gasteiger partial charge in [0, 0.05) is 35.4 Å². The van der Waals surface area contributed by atoms with Crippen LogP contribution >= 0.6 is 0 Å². The fourth-order valence-electron chi connectivity index (χ4n) is 2.86. The second-order valence-corrected chi connectivity index (χ2v) is 6.04. The lowest BCUT2D eigenvalue weighted by Gasteiger charge is -2.18. The number of nitrogens with two attached hydrogens (primary N) is 1. The minimum Gasteiger partial charge on any atom is -0.467 e. The van der Waals surface area contributed by atoms with E-state index in [9.17, 15) is 9.59 Å². The van der Waals surface area contributed by atoms with E-state index in [0.717, 1.165) is 16.5 Å². The molecule has 26 heavy (non-hydrogen) atoms. The van der Waals surface area contributed by atoms with Gasteiger partial charge >= 0.3 is 5.97 Å². The molecule has 2 aromatic heterocycles. The van der Waals surface area contributed by atoms with Gasteiger partial charge in [-0.25, -0.2) is 9.78 Å². The number of esters is 1. The number of methoxy groups -OCH3 is 1. The molecule has 0 saturated carbocycles. The average molecular weight is 355 g/mol. The third-order valence-corrected chi connectivity index (χ3v) is 4.23. The lowest BCUT2D eigenvalue weighted by atomic mass is 10.0. The van der Waals surface area contributed by atoms with Crippen molar-refractivity contribution in [3.05, 3.63) is 54.2 Å². The van der Waals surface area contributed by atoms with E-state index in [0.29, 0.717) is 12.1 Å². The molecule has 0 fully saturated rings. The van der Waals surface area contributed by atoms with Gasteiger partial charge in [0.25, 0.3) is 0 Å². The Morgan fingerprint density at radius 3 is 2.81 bits per heavy atom. The minimum atomic E-state index is -0.832. The summed E-state index contributed by atoms with van der Waals surface area (Å²) in [6, 6.07) is 6.18. The van der Waals surface area contributed by atoms with Gasteiger partial charge in [0.15, 0.2) is 0 Å². The zero-order valence-corrected chi connectivity index (χ0v) is 14.4. The lowest BCUT2D eigenvalue weighted by molar-refractivity contribution is -0.145. The number of ether oxygens (including phenoxy) is 1. The summed E-state index contributed by atoms with van der Waals surface area (Å²) in [4.78, 5) is 34.4. The number of aromatic nitrogens is 3. The first-order valence-corrected chi connectivity index (χ1v) is 8.24. The molecule has 0 radical (unpaired) electrons. The summed E-state index contributed by atoms with van der Waals surface area (Å²) in [5.41, 5.74) is 8.72. The van der Waals surface area contributed by atoms with Crippen molar-refractivity contribution in [2.75, 3.05) is 7.11 Å². The molecule has 0 bridgehead atoms. The molecule has 0 unspecified atom stereocenters. The van der Waals surface area contributed by atoms with Gasteiger partial charge in [-0.2, -0.15) is 0 Å². The standard InChI is InChI=1S/C18H21N5O3/c1-26-18(25)16(7-12-9-20-10-22-12)23-17(24)14(19)6-11-8-21-15-5-3-2-4-13(11)15/h2-5,8-10,14,16,21H,6-7,19H2,1H3,(H,20,22)(H,23,24)/t14-,16-/m0/s1. The van der Waals surface area contributed by atoms with Crippen LogP contribution in [0.4, 0.5) is 0 Å². The molecule has 0 saturated heterocycles. The van der Waals surface area contributed by atoms with Crippen LogP contribution in [-0.4, -0.2) is 46.0 Å². The molecule has 2 atom stereocenters. The Morgan fingerprint density at radius 2 is 2.08 bits per heavy atom. The van der Waals surface area contributed by atoms with Crippen LogP contribution in [-0.2, 0) is 27.2 Å². The largest absolute Gasteiger partial charge is 0.467 e. The zero-order valence-electron chi connectivity index (χ0n) is 14.4. The molecule has 3 rings (SSSR count). The van der Waals surface area contributed by atoms with E-state index in [1.807, 2.05) is 30.5 Å². The third kappa shape index (κ3) is 3.92. The molecule has 3 aromatic rings. The third-order valence-electron chi connectivity index (χ3n) is 4.23. The molecule has 5 N–H and O–H groups in total. The Balaban J connectivity index is 1.67. The number of amides is 1. The lowest BCUT2D eigenvalue weighted by Crippen LogP contribution is -2.50. The molecule has 2 heterocycles. The van der Waals surface area contributed by atoms with Gasteiger partial charge in [-0.3, -0.25) is 4.79 Å². The van der Waals surface area contributed by atoms with Crippen LogP contribution in [0, 0.1) is 0 Å². The van der Waals surface area contributed by atoms with Crippen molar-refractivity contribution in [3.63, 3.8) is 0 Å². The van der Waals surface area contributed by atoms with Crippen molar-refractivity contribution in [2.45, 2.75) is 24.9 Å². The summed E-state index contributed by atoms with van der Waals surface area (Å²) >= 11 is 0. The summed E-state index contributed by atoms with van der Waals surface area (Å²) in [6.07, 6.45) is 5.55. The molecule has 0 aliphatic rings. The highest BCUT2D eigenvalue weighted by Crippen LogP contribution is 2.18. The van der Waals surface area contributed by atoms with Crippen LogP contribution in [0.2, 0.25) is 0 Å². The molecule has 8 nitrogen and oxygen atoms in total. The van der Waals surface area contributed by atoms with E-state index >= 15 is 0 Å². The van der Waals surface area contributed by atoms with Gasteiger partial charge in [-0.1, -0.05) is 18.2 Å². The topological polar surface area (TPSA) is 126 Å². The number of aromatic amines is 2. The monoisotopic (exact) mass is 355 g/mol. The Morgan fingerprint density at radius 1 is 1.27 bits per heavy atom. The number of hydrogen-bond acceptors (Lipinski definition) is 5. The fourth-order valence-corrected chi connectivity index (χ4v) is 2.86. The summed E-state index contributed by atoms with van der Waals surface area (Å²) in [5, 5.41) is 3.70. The number of imidazole rings is 1. The number of benzene rings is 1. The number of hydrogen-bond donors (Lipinski definition) is 4. The number of rotatable bonds is 7. The quantitative estimate of drug-likeness (QED) is 0.463. The van der Waals surface area contributed by atoms with Gasteiger partial charge in [0.2, 0.25) is 5.91 Å². The first-order chi connectivity index (χ1) is 12.6. The number of fused-ring (bicyclic) bond motifs is 1. The average Bonchev–Trinajstić information content (AvgIpc) is 3.30. The van der Waals surface area contributed by atoms with Crippen LogP contribution in [0.15, 0.2) is 43.0 Å². The maximum absolute atomic E-state index is 12.5. The van der Waals surface area contributed by atoms with Crippen molar-refractivity contribution < 1.29 is 14.3 Å². The maximum Gasteiger partial charge on any atom is 0.328 e.